The number of aryl methyl sites for hydroxylation is 1. The monoisotopic (exact) mass is 346 g/mol. The van der Waals surface area contributed by atoms with Gasteiger partial charge in [-0.25, -0.2) is 9.37 Å². The second-order valence-electron chi connectivity index (χ2n) is 6.34. The molecule has 2 aliphatic rings. The highest BCUT2D eigenvalue weighted by atomic mass is 19.1. The fourth-order valence-corrected chi connectivity index (χ4v) is 3.58. The molecule has 0 spiro atoms. The van der Waals surface area contributed by atoms with Gasteiger partial charge in [-0.15, -0.1) is 0 Å². The van der Waals surface area contributed by atoms with Gasteiger partial charge in [0.2, 0.25) is 0 Å². The molecule has 6 nitrogen and oxygen atoms in total. The minimum absolute atomic E-state index is 0.0591. The standard InChI is InChI=1S/C18H19FN2O4/c1-11-4-6-15(24-11)18(22)21-9-10-23-14-7-5-13(21)16(14)25-17-12(19)3-2-8-20-17/h2-4,6,8,13-14,16H,5,7,9-10H2,1H3. The van der Waals surface area contributed by atoms with Gasteiger partial charge >= 0.3 is 0 Å². The molecule has 25 heavy (non-hydrogen) atoms. The predicted molar refractivity (Wildman–Crippen MR) is 85.9 cm³/mol. The summed E-state index contributed by atoms with van der Waals surface area (Å²) in [5.74, 6) is 0.203. The number of hydrogen-bond donors (Lipinski definition) is 0. The van der Waals surface area contributed by atoms with Gasteiger partial charge in [0.15, 0.2) is 11.6 Å². The van der Waals surface area contributed by atoms with Crippen LogP contribution in [0.2, 0.25) is 0 Å². The van der Waals surface area contributed by atoms with Gasteiger partial charge in [-0.2, -0.15) is 0 Å². The fraction of sp³-hybridized carbons (Fsp3) is 0.444. The Morgan fingerprint density at radius 1 is 1.36 bits per heavy atom. The van der Waals surface area contributed by atoms with E-state index in [9.17, 15) is 9.18 Å². The minimum Gasteiger partial charge on any atom is -0.467 e. The van der Waals surface area contributed by atoms with Crippen molar-refractivity contribution in [1.82, 2.24) is 9.88 Å². The van der Waals surface area contributed by atoms with Gasteiger partial charge in [-0.1, -0.05) is 0 Å². The molecule has 1 saturated carbocycles. The smallest absolute Gasteiger partial charge is 0.290 e. The van der Waals surface area contributed by atoms with Crippen LogP contribution in [0.5, 0.6) is 5.88 Å². The largest absolute Gasteiger partial charge is 0.467 e. The second-order valence-corrected chi connectivity index (χ2v) is 6.34. The second kappa shape index (κ2) is 6.48. The van der Waals surface area contributed by atoms with Gasteiger partial charge in [0.25, 0.3) is 11.8 Å². The van der Waals surface area contributed by atoms with E-state index in [0.717, 1.165) is 12.8 Å². The number of nitrogens with zero attached hydrogens (tertiary/aromatic N) is 2. The number of halogens is 1. The van der Waals surface area contributed by atoms with Crippen molar-refractivity contribution in [2.75, 3.05) is 13.2 Å². The number of hydrogen-bond acceptors (Lipinski definition) is 5. The van der Waals surface area contributed by atoms with E-state index in [1.54, 1.807) is 24.0 Å². The molecule has 132 valence electrons. The lowest BCUT2D eigenvalue weighted by Gasteiger charge is -2.30. The molecule has 2 bridgehead atoms. The van der Waals surface area contributed by atoms with Crippen molar-refractivity contribution in [2.45, 2.75) is 38.0 Å². The summed E-state index contributed by atoms with van der Waals surface area (Å²) in [6.07, 6.45) is 2.33. The maximum absolute atomic E-state index is 13.9. The molecule has 1 aliphatic heterocycles. The molecule has 2 aromatic heterocycles. The Morgan fingerprint density at radius 2 is 2.24 bits per heavy atom. The van der Waals surface area contributed by atoms with E-state index in [-0.39, 0.29) is 23.9 Å². The zero-order valence-electron chi connectivity index (χ0n) is 13.9. The van der Waals surface area contributed by atoms with E-state index in [4.69, 9.17) is 13.9 Å². The quantitative estimate of drug-likeness (QED) is 0.855. The summed E-state index contributed by atoms with van der Waals surface area (Å²) in [5, 5.41) is 0. The van der Waals surface area contributed by atoms with Crippen molar-refractivity contribution in [1.29, 1.82) is 0 Å². The van der Waals surface area contributed by atoms with E-state index < -0.39 is 11.9 Å². The molecule has 0 radical (unpaired) electrons. The van der Waals surface area contributed by atoms with Gasteiger partial charge in [-0.3, -0.25) is 4.79 Å². The lowest BCUT2D eigenvalue weighted by molar-refractivity contribution is 0.000274. The van der Waals surface area contributed by atoms with Gasteiger partial charge in [0.1, 0.15) is 11.9 Å². The highest BCUT2D eigenvalue weighted by Crippen LogP contribution is 2.34. The van der Waals surface area contributed by atoms with E-state index in [2.05, 4.69) is 4.98 Å². The number of aromatic nitrogens is 1. The van der Waals surface area contributed by atoms with Crippen LogP contribution in [-0.4, -0.2) is 47.2 Å². The number of rotatable bonds is 3. The maximum Gasteiger partial charge on any atom is 0.290 e. The first kappa shape index (κ1) is 16.1. The zero-order valence-corrected chi connectivity index (χ0v) is 13.9. The number of pyridine rings is 1. The number of ether oxygens (including phenoxy) is 2. The first-order valence-electron chi connectivity index (χ1n) is 8.39. The number of furan rings is 1. The third-order valence-corrected chi connectivity index (χ3v) is 4.74. The van der Waals surface area contributed by atoms with Crippen LogP contribution in [0.1, 0.15) is 29.2 Å². The normalized spacial score (nSPS) is 25.7. The van der Waals surface area contributed by atoms with Gasteiger partial charge in [-0.05, 0) is 44.0 Å². The lowest BCUT2D eigenvalue weighted by atomic mass is 10.1. The third-order valence-electron chi connectivity index (χ3n) is 4.74. The Hall–Kier alpha value is -2.41. The minimum atomic E-state index is -0.523. The van der Waals surface area contributed by atoms with E-state index in [1.165, 1.54) is 18.3 Å². The molecule has 4 rings (SSSR count). The molecule has 0 aromatic carbocycles. The number of amides is 1. The molecule has 1 aliphatic carbocycles. The average Bonchev–Trinajstić information content (AvgIpc) is 3.13. The van der Waals surface area contributed by atoms with Crippen molar-refractivity contribution < 1.29 is 23.1 Å². The summed E-state index contributed by atoms with van der Waals surface area (Å²) in [7, 11) is 0. The number of fused-ring (bicyclic) bond motifs is 2. The molecule has 3 unspecified atom stereocenters. The first-order chi connectivity index (χ1) is 12.1. The molecule has 1 amide bonds. The number of carbonyl (C=O) groups is 1. The van der Waals surface area contributed by atoms with Gasteiger partial charge < -0.3 is 18.8 Å². The van der Waals surface area contributed by atoms with Crippen LogP contribution in [0.4, 0.5) is 4.39 Å². The van der Waals surface area contributed by atoms with E-state index in [0.29, 0.717) is 24.7 Å². The van der Waals surface area contributed by atoms with Crippen molar-refractivity contribution in [3.8, 4) is 5.88 Å². The summed E-state index contributed by atoms with van der Waals surface area (Å²) in [6, 6.07) is 6.04. The zero-order chi connectivity index (χ0) is 17.4. The Bertz CT molecular complexity index is 778. The summed E-state index contributed by atoms with van der Waals surface area (Å²) < 4.78 is 31.1. The molecular formula is C18H19FN2O4. The molecule has 3 atom stereocenters. The van der Waals surface area contributed by atoms with Crippen LogP contribution in [-0.2, 0) is 4.74 Å². The van der Waals surface area contributed by atoms with Crippen molar-refractivity contribution in [3.63, 3.8) is 0 Å². The summed E-state index contributed by atoms with van der Waals surface area (Å²) in [4.78, 5) is 18.5. The third kappa shape index (κ3) is 3.00. The number of carbonyl (C=O) groups excluding carboxylic acids is 1. The summed E-state index contributed by atoms with van der Waals surface area (Å²) >= 11 is 0. The Labute approximate surface area is 144 Å². The van der Waals surface area contributed by atoms with Crippen molar-refractivity contribution in [3.05, 3.63) is 47.8 Å². The fourth-order valence-electron chi connectivity index (χ4n) is 3.58. The van der Waals surface area contributed by atoms with Gasteiger partial charge in [0, 0.05) is 12.7 Å². The SMILES string of the molecule is Cc1ccc(C(=O)N2CCOC3CCC2C3Oc2ncccc2F)o1. The Balaban J connectivity index is 1.60. The van der Waals surface area contributed by atoms with Crippen molar-refractivity contribution >= 4 is 5.91 Å². The Kier molecular flexibility index (Phi) is 4.17. The first-order valence-corrected chi connectivity index (χ1v) is 8.39. The average molecular weight is 346 g/mol. The Morgan fingerprint density at radius 3 is 3.00 bits per heavy atom. The summed E-state index contributed by atoms with van der Waals surface area (Å²) in [6.45, 7) is 2.66. The van der Waals surface area contributed by atoms with Crippen LogP contribution in [0.3, 0.4) is 0 Å². The van der Waals surface area contributed by atoms with Crippen LogP contribution in [0.25, 0.3) is 0 Å². The maximum atomic E-state index is 13.9. The highest BCUT2D eigenvalue weighted by molar-refractivity contribution is 5.91. The predicted octanol–water partition coefficient (Wildman–Crippen LogP) is 2.57. The summed E-state index contributed by atoms with van der Waals surface area (Å²) in [5.41, 5.74) is 0. The lowest BCUT2D eigenvalue weighted by Crippen LogP contribution is -2.47. The molecule has 3 heterocycles. The molecule has 1 saturated heterocycles. The van der Waals surface area contributed by atoms with Gasteiger partial charge in [0.05, 0.1) is 18.8 Å². The highest BCUT2D eigenvalue weighted by Gasteiger charge is 2.46. The van der Waals surface area contributed by atoms with Crippen LogP contribution >= 0.6 is 0 Å². The van der Waals surface area contributed by atoms with Crippen molar-refractivity contribution in [2.24, 2.45) is 0 Å². The molecule has 2 fully saturated rings. The van der Waals surface area contributed by atoms with Crippen LogP contribution in [0, 0.1) is 12.7 Å². The molecule has 2 aromatic rings. The molecule has 7 heteroatoms. The van der Waals surface area contributed by atoms with E-state index in [1.807, 2.05) is 0 Å². The topological polar surface area (TPSA) is 64.8 Å². The van der Waals surface area contributed by atoms with Crippen LogP contribution < -0.4 is 4.74 Å². The molecule has 0 N–H and O–H groups in total. The van der Waals surface area contributed by atoms with Crippen LogP contribution in [0.15, 0.2) is 34.9 Å². The van der Waals surface area contributed by atoms with E-state index >= 15 is 0 Å². The molecular weight excluding hydrogens is 327 g/mol.